The van der Waals surface area contributed by atoms with Crippen molar-refractivity contribution < 1.29 is 19.0 Å². The summed E-state index contributed by atoms with van der Waals surface area (Å²) in [6.07, 6.45) is 2.77. The Morgan fingerprint density at radius 3 is 2.79 bits per heavy atom. The number of halogens is 1. The van der Waals surface area contributed by atoms with Gasteiger partial charge in [-0.15, -0.1) is 0 Å². The van der Waals surface area contributed by atoms with Gasteiger partial charge in [-0.25, -0.2) is 9.18 Å². The number of ether oxygens (including phenoxy) is 1. The monoisotopic (exact) mass is 526 g/mol. The number of carbonyl (C=O) groups is 1. The second kappa shape index (κ2) is 10.5. The summed E-state index contributed by atoms with van der Waals surface area (Å²) in [5.74, 6) is -0.571. The number of fused-ring (bicyclic) bond motifs is 3. The second-order valence-electron chi connectivity index (χ2n) is 10.1. The van der Waals surface area contributed by atoms with Gasteiger partial charge in [0.2, 0.25) is 0 Å². The predicted octanol–water partition coefficient (Wildman–Crippen LogP) is 6.23. The lowest BCUT2D eigenvalue weighted by Crippen LogP contribution is -2.16. The standard InChI is InChI=1S/C31H31FN4O3/c1-19-27-25(35-34-19)18-33-15-4-5-16-36-29-23(13-14-24(32)28(27)29)22(30(36)31(37)38)11-7-17-39-26-12-6-9-20-8-2-3-10-21(20)26/h2-3,6,8-10,12-14,33H,4-5,7,11,15-18H2,1H3,(H,34,35)(H,37,38). The number of carboxylic acids is 1. The number of aromatic carboxylic acids is 1. The molecule has 0 bridgehead atoms. The minimum Gasteiger partial charge on any atom is -0.493 e. The van der Waals surface area contributed by atoms with E-state index in [9.17, 15) is 9.90 Å². The van der Waals surface area contributed by atoms with E-state index < -0.39 is 5.97 Å². The van der Waals surface area contributed by atoms with Crippen molar-refractivity contribution in [2.45, 2.75) is 45.7 Å². The van der Waals surface area contributed by atoms with Crippen molar-refractivity contribution in [1.29, 1.82) is 0 Å². The van der Waals surface area contributed by atoms with Crippen LogP contribution in [0.15, 0.2) is 54.6 Å². The molecule has 0 radical (unpaired) electrons. The molecule has 8 heteroatoms. The van der Waals surface area contributed by atoms with Gasteiger partial charge >= 0.3 is 5.97 Å². The average Bonchev–Trinajstić information content (AvgIpc) is 3.44. The molecular formula is C31H31FN4O3. The van der Waals surface area contributed by atoms with Gasteiger partial charge in [0.05, 0.1) is 17.8 Å². The zero-order chi connectivity index (χ0) is 26.9. The number of nitrogens with one attached hydrogen (secondary N) is 2. The maximum absolute atomic E-state index is 15.6. The first kappa shape index (κ1) is 25.1. The Labute approximate surface area is 225 Å². The molecule has 200 valence electrons. The van der Waals surface area contributed by atoms with Crippen molar-refractivity contribution in [2.24, 2.45) is 0 Å². The molecule has 5 aromatic rings. The van der Waals surface area contributed by atoms with Gasteiger partial charge in [0, 0.05) is 40.7 Å². The number of benzene rings is 3. The fourth-order valence-corrected chi connectivity index (χ4v) is 5.87. The molecule has 0 amide bonds. The number of nitrogens with zero attached hydrogens (tertiary/aromatic N) is 2. The molecule has 0 unspecified atom stereocenters. The minimum absolute atomic E-state index is 0.233. The highest BCUT2D eigenvalue weighted by molar-refractivity contribution is 6.04. The first-order valence-corrected chi connectivity index (χ1v) is 13.5. The number of aryl methyl sites for hydroxylation is 3. The van der Waals surface area contributed by atoms with Gasteiger partial charge in [-0.2, -0.15) is 5.10 Å². The molecule has 1 aliphatic rings. The molecule has 3 heterocycles. The van der Waals surface area contributed by atoms with Gasteiger partial charge in [0.25, 0.3) is 0 Å². The third-order valence-corrected chi connectivity index (χ3v) is 7.61. The maximum atomic E-state index is 15.6. The van der Waals surface area contributed by atoms with Gasteiger partial charge in [0.15, 0.2) is 0 Å². The molecule has 0 saturated carbocycles. The molecule has 0 aliphatic carbocycles. The van der Waals surface area contributed by atoms with Crippen LogP contribution >= 0.6 is 0 Å². The fourth-order valence-electron chi connectivity index (χ4n) is 5.87. The number of aromatic nitrogens is 3. The van der Waals surface area contributed by atoms with Crippen LogP contribution in [0.2, 0.25) is 0 Å². The predicted molar refractivity (Wildman–Crippen MR) is 150 cm³/mol. The molecule has 2 aromatic heterocycles. The summed E-state index contributed by atoms with van der Waals surface area (Å²) in [7, 11) is 0. The van der Waals surface area contributed by atoms with Crippen LogP contribution in [0.1, 0.15) is 46.7 Å². The van der Waals surface area contributed by atoms with Crippen LogP contribution in [0.25, 0.3) is 32.8 Å². The topological polar surface area (TPSA) is 92.2 Å². The lowest BCUT2D eigenvalue weighted by molar-refractivity contribution is 0.0684. The molecule has 3 aromatic carbocycles. The lowest BCUT2D eigenvalue weighted by atomic mass is 9.97. The van der Waals surface area contributed by atoms with Crippen LogP contribution in [0.3, 0.4) is 0 Å². The maximum Gasteiger partial charge on any atom is 0.352 e. The van der Waals surface area contributed by atoms with E-state index in [1.807, 2.05) is 41.8 Å². The van der Waals surface area contributed by atoms with Crippen molar-refractivity contribution in [3.8, 4) is 16.9 Å². The zero-order valence-electron chi connectivity index (χ0n) is 21.9. The van der Waals surface area contributed by atoms with Gasteiger partial charge < -0.3 is 19.7 Å². The Bertz CT molecular complexity index is 1680. The lowest BCUT2D eigenvalue weighted by Gasteiger charge is -2.12. The van der Waals surface area contributed by atoms with Gasteiger partial charge in [-0.1, -0.05) is 36.4 Å². The third-order valence-electron chi connectivity index (χ3n) is 7.61. The van der Waals surface area contributed by atoms with E-state index in [1.165, 1.54) is 6.07 Å². The Morgan fingerprint density at radius 1 is 1.08 bits per heavy atom. The zero-order valence-corrected chi connectivity index (χ0v) is 21.9. The SMILES string of the molecule is Cc1[nH]nc2c1-c1c(F)ccc3c(CCCOc4cccc5ccccc45)c(C(=O)O)n(c13)CCCCNC2. The Hall–Kier alpha value is -4.17. The number of H-pyrrole nitrogens is 1. The van der Waals surface area contributed by atoms with E-state index in [2.05, 4.69) is 27.6 Å². The summed E-state index contributed by atoms with van der Waals surface area (Å²) in [6, 6.07) is 17.2. The molecule has 0 saturated heterocycles. The van der Waals surface area contributed by atoms with Gasteiger partial charge in [-0.3, -0.25) is 5.10 Å². The molecular weight excluding hydrogens is 495 g/mol. The number of carboxylic acid groups (broad SMARTS) is 1. The van der Waals surface area contributed by atoms with E-state index in [0.29, 0.717) is 49.2 Å². The normalized spacial score (nSPS) is 13.8. The van der Waals surface area contributed by atoms with E-state index in [4.69, 9.17) is 4.74 Å². The fraction of sp³-hybridized carbons (Fsp3) is 0.290. The summed E-state index contributed by atoms with van der Waals surface area (Å²) in [5.41, 5.74) is 4.19. The summed E-state index contributed by atoms with van der Waals surface area (Å²) in [5, 5.41) is 24.2. The Kier molecular flexibility index (Phi) is 6.79. The molecule has 7 nitrogen and oxygen atoms in total. The number of hydrogen-bond donors (Lipinski definition) is 3. The van der Waals surface area contributed by atoms with Crippen LogP contribution in [-0.2, 0) is 19.5 Å². The molecule has 0 atom stereocenters. The first-order valence-electron chi connectivity index (χ1n) is 13.5. The minimum atomic E-state index is -1.00. The van der Waals surface area contributed by atoms with Crippen LogP contribution in [0.5, 0.6) is 5.75 Å². The van der Waals surface area contributed by atoms with Crippen molar-refractivity contribution in [1.82, 2.24) is 20.1 Å². The van der Waals surface area contributed by atoms with E-state index in [-0.39, 0.29) is 11.5 Å². The van der Waals surface area contributed by atoms with Crippen LogP contribution in [0, 0.1) is 12.7 Å². The van der Waals surface area contributed by atoms with Crippen molar-refractivity contribution in [3.63, 3.8) is 0 Å². The second-order valence-corrected chi connectivity index (χ2v) is 10.1. The molecule has 3 N–H and O–H groups in total. The first-order chi connectivity index (χ1) is 19.0. The molecule has 0 spiro atoms. The van der Waals surface area contributed by atoms with E-state index in [1.54, 1.807) is 6.07 Å². The van der Waals surface area contributed by atoms with Crippen molar-refractivity contribution in [3.05, 3.63) is 83.1 Å². The average molecular weight is 527 g/mol. The Balaban J connectivity index is 1.41. The number of hydrogen-bond acceptors (Lipinski definition) is 4. The third kappa shape index (κ3) is 4.55. The number of aromatic amines is 1. The summed E-state index contributed by atoms with van der Waals surface area (Å²) in [6.45, 7) is 4.09. The smallest absolute Gasteiger partial charge is 0.352 e. The highest BCUT2D eigenvalue weighted by Gasteiger charge is 2.28. The molecule has 6 rings (SSSR count). The van der Waals surface area contributed by atoms with E-state index in [0.717, 1.165) is 58.2 Å². The quantitative estimate of drug-likeness (QED) is 0.228. The van der Waals surface area contributed by atoms with Gasteiger partial charge in [0.1, 0.15) is 17.3 Å². The van der Waals surface area contributed by atoms with Crippen LogP contribution in [-0.4, -0.2) is 39.0 Å². The van der Waals surface area contributed by atoms with Crippen LogP contribution < -0.4 is 10.1 Å². The molecule has 1 aliphatic heterocycles. The molecule has 0 fully saturated rings. The highest BCUT2D eigenvalue weighted by atomic mass is 19.1. The summed E-state index contributed by atoms with van der Waals surface area (Å²) in [4.78, 5) is 12.7. The largest absolute Gasteiger partial charge is 0.493 e. The highest BCUT2D eigenvalue weighted by Crippen LogP contribution is 2.40. The van der Waals surface area contributed by atoms with E-state index >= 15 is 4.39 Å². The van der Waals surface area contributed by atoms with Crippen LogP contribution in [0.4, 0.5) is 4.39 Å². The summed E-state index contributed by atoms with van der Waals surface area (Å²) >= 11 is 0. The van der Waals surface area contributed by atoms with Crippen molar-refractivity contribution in [2.75, 3.05) is 13.2 Å². The summed E-state index contributed by atoms with van der Waals surface area (Å²) < 4.78 is 23.6. The van der Waals surface area contributed by atoms with Gasteiger partial charge in [-0.05, 0) is 68.3 Å². The Morgan fingerprint density at radius 2 is 1.92 bits per heavy atom. The molecule has 39 heavy (non-hydrogen) atoms. The van der Waals surface area contributed by atoms with Crippen molar-refractivity contribution >= 4 is 27.6 Å². The number of rotatable bonds is 6.